The van der Waals surface area contributed by atoms with Gasteiger partial charge in [0.25, 0.3) is 5.56 Å². The van der Waals surface area contributed by atoms with Gasteiger partial charge in [0.05, 0.1) is 16.8 Å². The van der Waals surface area contributed by atoms with Crippen molar-refractivity contribution in [2.45, 2.75) is 57.9 Å². The van der Waals surface area contributed by atoms with Crippen molar-refractivity contribution >= 4 is 40.7 Å². The maximum atomic E-state index is 13.3. The highest BCUT2D eigenvalue weighted by Gasteiger charge is 2.34. The molecule has 2 aromatic heterocycles. The van der Waals surface area contributed by atoms with Crippen LogP contribution in [0.2, 0.25) is 0 Å². The fraction of sp³-hybridized carbons (Fsp3) is 0.375. The topological polar surface area (TPSA) is 104 Å². The zero-order valence-electron chi connectivity index (χ0n) is 20.3. The van der Waals surface area contributed by atoms with E-state index in [-0.39, 0.29) is 11.3 Å². The van der Waals surface area contributed by atoms with Crippen molar-refractivity contribution in [3.63, 3.8) is 0 Å². The predicted octanol–water partition coefficient (Wildman–Crippen LogP) is 5.18. The van der Waals surface area contributed by atoms with E-state index in [9.17, 15) is 14.4 Å². The summed E-state index contributed by atoms with van der Waals surface area (Å²) in [7, 11) is 0. The highest BCUT2D eigenvalue weighted by atomic mass is 32.2. The number of imide groups is 1. The lowest BCUT2D eigenvalue weighted by molar-refractivity contribution is 0.0431. The van der Waals surface area contributed by atoms with E-state index in [1.54, 1.807) is 65.8 Å². The molecule has 180 valence electrons. The van der Waals surface area contributed by atoms with Crippen molar-refractivity contribution in [3.8, 4) is 5.69 Å². The van der Waals surface area contributed by atoms with Gasteiger partial charge in [-0.05, 0) is 59.9 Å². The number of nitrogens with zero attached hydrogens (tertiary/aromatic N) is 4. The summed E-state index contributed by atoms with van der Waals surface area (Å²) in [6, 6.07) is 10.1. The second kappa shape index (κ2) is 9.46. The number of para-hydroxylation sites is 1. The Morgan fingerprint density at radius 1 is 0.971 bits per heavy atom. The third-order valence-electron chi connectivity index (χ3n) is 4.30. The average molecular weight is 485 g/mol. The molecule has 0 spiro atoms. The fourth-order valence-corrected chi connectivity index (χ4v) is 3.40. The van der Waals surface area contributed by atoms with Gasteiger partial charge in [0.1, 0.15) is 11.2 Å². The molecular weight excluding hydrogens is 456 g/mol. The Balaban J connectivity index is 2.32. The monoisotopic (exact) mass is 484 g/mol. The Labute approximate surface area is 202 Å². The summed E-state index contributed by atoms with van der Waals surface area (Å²) in [5, 5.41) is 0.729. The molecule has 0 saturated heterocycles. The molecule has 34 heavy (non-hydrogen) atoms. The highest BCUT2D eigenvalue weighted by Crippen LogP contribution is 2.29. The van der Waals surface area contributed by atoms with E-state index in [1.807, 2.05) is 12.3 Å². The lowest BCUT2D eigenvalue weighted by atomic mass is 10.2. The number of rotatable bonds is 3. The second-order valence-electron chi connectivity index (χ2n) is 9.43. The van der Waals surface area contributed by atoms with E-state index in [0.29, 0.717) is 16.2 Å². The van der Waals surface area contributed by atoms with E-state index in [2.05, 4.69) is 9.97 Å². The van der Waals surface area contributed by atoms with Crippen LogP contribution in [0.1, 0.15) is 41.5 Å². The van der Waals surface area contributed by atoms with Crippen LogP contribution >= 0.6 is 11.8 Å². The standard InChI is InChI=1S/C24H28N4O5S/c1-23(2,3)32-21(30)28(22(31)33-24(4,5)6)17-13-18(29)27(15-11-9-8-10-12-15)19-16(17)14-25-20(26-19)34-7/h8-14H,1-7H3. The van der Waals surface area contributed by atoms with Crippen LogP contribution in [0.15, 0.2) is 52.5 Å². The first kappa shape index (κ1) is 25.2. The van der Waals surface area contributed by atoms with Crippen LogP contribution in [-0.2, 0) is 9.47 Å². The summed E-state index contributed by atoms with van der Waals surface area (Å²) in [5.41, 5.74) is -1.48. The number of hydrogen-bond donors (Lipinski definition) is 0. The van der Waals surface area contributed by atoms with Gasteiger partial charge in [-0.15, -0.1) is 0 Å². The van der Waals surface area contributed by atoms with Crippen molar-refractivity contribution in [1.29, 1.82) is 0 Å². The van der Waals surface area contributed by atoms with Crippen LogP contribution < -0.4 is 10.5 Å². The molecule has 0 unspecified atom stereocenters. The molecule has 0 saturated carbocycles. The first-order valence-electron chi connectivity index (χ1n) is 10.6. The van der Waals surface area contributed by atoms with Crippen LogP contribution in [0.5, 0.6) is 0 Å². The van der Waals surface area contributed by atoms with Crippen molar-refractivity contribution in [3.05, 3.63) is 52.9 Å². The molecule has 10 heteroatoms. The molecule has 0 radical (unpaired) electrons. The summed E-state index contributed by atoms with van der Waals surface area (Å²) in [5.74, 6) is 0. The van der Waals surface area contributed by atoms with E-state index in [0.717, 1.165) is 4.90 Å². The molecular formula is C24H28N4O5S. The molecule has 2 heterocycles. The van der Waals surface area contributed by atoms with Gasteiger partial charge in [-0.25, -0.2) is 19.6 Å². The number of aromatic nitrogens is 3. The number of ether oxygens (including phenoxy) is 2. The minimum absolute atomic E-state index is 0.0247. The lowest BCUT2D eigenvalue weighted by Crippen LogP contribution is -2.44. The summed E-state index contributed by atoms with van der Waals surface area (Å²) in [6.07, 6.45) is 1.33. The Bertz CT molecular complexity index is 1250. The molecule has 0 bridgehead atoms. The number of fused-ring (bicyclic) bond motifs is 1. The average Bonchev–Trinajstić information content (AvgIpc) is 2.71. The Hall–Kier alpha value is -3.40. The van der Waals surface area contributed by atoms with Crippen LogP contribution in [0.4, 0.5) is 15.3 Å². The minimum atomic E-state index is -0.978. The number of benzene rings is 1. The molecule has 2 amide bonds. The van der Waals surface area contributed by atoms with Crippen LogP contribution in [0.3, 0.4) is 0 Å². The van der Waals surface area contributed by atoms with Crippen LogP contribution in [0.25, 0.3) is 16.7 Å². The van der Waals surface area contributed by atoms with Crippen molar-refractivity contribution < 1.29 is 19.1 Å². The quantitative estimate of drug-likeness (QED) is 0.370. The van der Waals surface area contributed by atoms with Gasteiger partial charge in [0.2, 0.25) is 0 Å². The molecule has 0 aliphatic heterocycles. The van der Waals surface area contributed by atoms with Gasteiger partial charge >= 0.3 is 12.2 Å². The first-order valence-corrected chi connectivity index (χ1v) is 11.8. The summed E-state index contributed by atoms with van der Waals surface area (Å²) in [4.78, 5) is 49.2. The van der Waals surface area contributed by atoms with Gasteiger partial charge in [0.15, 0.2) is 10.8 Å². The zero-order chi connectivity index (χ0) is 25.3. The number of anilines is 1. The van der Waals surface area contributed by atoms with E-state index in [4.69, 9.17) is 9.47 Å². The summed E-state index contributed by atoms with van der Waals surface area (Å²) in [6.45, 7) is 10.1. The molecule has 9 nitrogen and oxygen atoms in total. The zero-order valence-corrected chi connectivity index (χ0v) is 21.1. The second-order valence-corrected chi connectivity index (χ2v) is 10.2. The Kier molecular flexibility index (Phi) is 7.02. The Morgan fingerprint density at radius 3 is 2.03 bits per heavy atom. The maximum absolute atomic E-state index is 13.3. The summed E-state index contributed by atoms with van der Waals surface area (Å²) >= 11 is 1.30. The van der Waals surface area contributed by atoms with Gasteiger partial charge in [-0.1, -0.05) is 30.0 Å². The van der Waals surface area contributed by atoms with Crippen molar-refractivity contribution in [2.24, 2.45) is 0 Å². The van der Waals surface area contributed by atoms with Gasteiger partial charge < -0.3 is 9.47 Å². The molecule has 0 fully saturated rings. The molecule has 0 aliphatic carbocycles. The molecule has 3 rings (SSSR count). The lowest BCUT2D eigenvalue weighted by Gasteiger charge is -2.29. The van der Waals surface area contributed by atoms with Crippen molar-refractivity contribution in [2.75, 3.05) is 11.2 Å². The predicted molar refractivity (Wildman–Crippen MR) is 132 cm³/mol. The number of pyridine rings is 1. The van der Waals surface area contributed by atoms with Crippen molar-refractivity contribution in [1.82, 2.24) is 14.5 Å². The Morgan fingerprint density at radius 2 is 1.53 bits per heavy atom. The van der Waals surface area contributed by atoms with E-state index in [1.165, 1.54) is 28.6 Å². The van der Waals surface area contributed by atoms with Gasteiger partial charge in [0, 0.05) is 12.3 Å². The van der Waals surface area contributed by atoms with Gasteiger partial charge in [-0.2, -0.15) is 4.90 Å². The summed E-state index contributed by atoms with van der Waals surface area (Å²) < 4.78 is 12.3. The third kappa shape index (κ3) is 5.74. The normalized spacial score (nSPS) is 11.9. The van der Waals surface area contributed by atoms with E-state index >= 15 is 0 Å². The maximum Gasteiger partial charge on any atom is 0.424 e. The SMILES string of the molecule is CSc1ncc2c(N(C(=O)OC(C)(C)C)C(=O)OC(C)(C)C)cc(=O)n(-c3ccccc3)c2n1. The molecule has 0 atom stereocenters. The van der Waals surface area contributed by atoms with Gasteiger partial charge in [-0.3, -0.25) is 9.36 Å². The highest BCUT2D eigenvalue weighted by molar-refractivity contribution is 7.98. The first-order chi connectivity index (χ1) is 15.8. The fourth-order valence-electron chi connectivity index (χ4n) is 3.07. The number of carbonyl (C=O) groups is 2. The number of hydrogen-bond acceptors (Lipinski definition) is 8. The van der Waals surface area contributed by atoms with Crippen LogP contribution in [-0.4, -0.2) is 44.2 Å². The smallest absolute Gasteiger partial charge is 0.424 e. The molecule has 1 aromatic carbocycles. The number of thioether (sulfide) groups is 1. The molecule has 0 N–H and O–H groups in total. The number of carbonyl (C=O) groups excluding carboxylic acids is 2. The molecule has 0 aliphatic rings. The minimum Gasteiger partial charge on any atom is -0.443 e. The van der Waals surface area contributed by atoms with Crippen LogP contribution in [0, 0.1) is 0 Å². The third-order valence-corrected chi connectivity index (χ3v) is 4.87. The molecule has 3 aromatic rings. The number of amides is 2. The largest absolute Gasteiger partial charge is 0.443 e. The van der Waals surface area contributed by atoms with E-state index < -0.39 is 28.9 Å².